The first kappa shape index (κ1) is 14.1. The van der Waals surface area contributed by atoms with Gasteiger partial charge in [0.15, 0.2) is 5.82 Å². The maximum absolute atomic E-state index is 13.7. The van der Waals surface area contributed by atoms with Crippen LogP contribution >= 0.6 is 0 Å². The second-order valence-corrected chi connectivity index (χ2v) is 5.20. The zero-order valence-corrected chi connectivity index (χ0v) is 11.4. The van der Waals surface area contributed by atoms with Crippen LogP contribution in [0.4, 0.5) is 8.78 Å². The van der Waals surface area contributed by atoms with E-state index in [0.717, 1.165) is 31.3 Å². The maximum Gasteiger partial charge on any atom is 0.261 e. The number of nitrogens with zero attached hydrogens (tertiary/aromatic N) is 3. The first-order valence-corrected chi connectivity index (χ1v) is 6.90. The molecule has 5 nitrogen and oxygen atoms in total. The molecule has 0 bridgehead atoms. The third kappa shape index (κ3) is 3.08. The summed E-state index contributed by atoms with van der Waals surface area (Å²) in [7, 11) is 0. The van der Waals surface area contributed by atoms with Crippen molar-refractivity contribution in [3.8, 4) is 11.5 Å². The number of halogens is 2. The quantitative estimate of drug-likeness (QED) is 0.935. The summed E-state index contributed by atoms with van der Waals surface area (Å²) < 4.78 is 31.8. The lowest BCUT2D eigenvalue weighted by Gasteiger charge is -2.17. The fourth-order valence-electron chi connectivity index (χ4n) is 2.48. The van der Waals surface area contributed by atoms with Crippen LogP contribution in [0, 0.1) is 11.6 Å². The summed E-state index contributed by atoms with van der Waals surface area (Å²) in [5, 5.41) is 3.78. The van der Waals surface area contributed by atoms with E-state index in [2.05, 4.69) is 15.0 Å². The zero-order chi connectivity index (χ0) is 14.8. The summed E-state index contributed by atoms with van der Waals surface area (Å²) in [6.07, 6.45) is 2.33. The second kappa shape index (κ2) is 5.87. The number of aromatic nitrogens is 2. The van der Waals surface area contributed by atoms with Gasteiger partial charge in [0.1, 0.15) is 11.6 Å². The Kier molecular flexibility index (Phi) is 3.94. The average Bonchev–Trinajstić information content (AvgIpc) is 3.12. The molecule has 0 spiro atoms. The van der Waals surface area contributed by atoms with Gasteiger partial charge in [-0.05, 0) is 44.1 Å². The number of likely N-dealkylation sites (tertiary alicyclic amines) is 1. The Morgan fingerprint density at radius 1 is 1.29 bits per heavy atom. The molecule has 2 N–H and O–H groups in total. The van der Waals surface area contributed by atoms with Crippen molar-refractivity contribution in [2.75, 3.05) is 19.6 Å². The minimum absolute atomic E-state index is 0.0536. The molecule has 0 radical (unpaired) electrons. The van der Waals surface area contributed by atoms with Crippen LogP contribution in [0.2, 0.25) is 0 Å². The zero-order valence-electron chi connectivity index (χ0n) is 11.4. The van der Waals surface area contributed by atoms with Gasteiger partial charge in [-0.25, -0.2) is 8.78 Å². The molecule has 21 heavy (non-hydrogen) atoms. The van der Waals surface area contributed by atoms with Gasteiger partial charge in [0.05, 0.1) is 11.6 Å². The first-order chi connectivity index (χ1) is 10.1. The highest BCUT2D eigenvalue weighted by Crippen LogP contribution is 2.23. The average molecular weight is 294 g/mol. The van der Waals surface area contributed by atoms with Crippen molar-refractivity contribution in [2.24, 2.45) is 5.73 Å². The second-order valence-electron chi connectivity index (χ2n) is 5.20. The molecular weight excluding hydrogens is 278 g/mol. The van der Waals surface area contributed by atoms with Gasteiger partial charge in [-0.3, -0.25) is 0 Å². The van der Waals surface area contributed by atoms with Gasteiger partial charge in [0.25, 0.3) is 5.89 Å². The Morgan fingerprint density at radius 2 is 2.05 bits per heavy atom. The van der Waals surface area contributed by atoms with Crippen molar-refractivity contribution in [3.63, 3.8) is 0 Å². The molecule has 3 rings (SSSR count). The van der Waals surface area contributed by atoms with E-state index >= 15 is 0 Å². The molecule has 2 aromatic rings. The molecule has 1 atom stereocenters. The van der Waals surface area contributed by atoms with Gasteiger partial charge in [-0.15, -0.1) is 0 Å². The number of nitrogens with two attached hydrogens (primary N) is 1. The Labute approximate surface area is 120 Å². The lowest BCUT2D eigenvalue weighted by Crippen LogP contribution is -2.30. The first-order valence-electron chi connectivity index (χ1n) is 6.90. The highest BCUT2D eigenvalue weighted by Gasteiger charge is 2.21. The van der Waals surface area contributed by atoms with Gasteiger partial charge in [-0.2, -0.15) is 4.98 Å². The summed E-state index contributed by atoms with van der Waals surface area (Å²) in [6.45, 7) is 2.65. The van der Waals surface area contributed by atoms with E-state index in [4.69, 9.17) is 10.3 Å². The molecule has 1 unspecified atom stereocenters. The molecule has 0 saturated carbocycles. The van der Waals surface area contributed by atoms with Crippen molar-refractivity contribution in [1.82, 2.24) is 15.0 Å². The van der Waals surface area contributed by atoms with Crippen molar-refractivity contribution in [1.29, 1.82) is 0 Å². The van der Waals surface area contributed by atoms with Crippen LogP contribution in [0.15, 0.2) is 22.7 Å². The van der Waals surface area contributed by atoms with Gasteiger partial charge in [0, 0.05) is 6.54 Å². The molecule has 0 aliphatic carbocycles. The summed E-state index contributed by atoms with van der Waals surface area (Å²) in [6, 6.07) is 2.68. The third-order valence-electron chi connectivity index (χ3n) is 3.59. The molecule has 1 saturated heterocycles. The Hall–Kier alpha value is -1.86. The molecular formula is C14H16F2N4O. The van der Waals surface area contributed by atoms with Crippen LogP contribution in [0.3, 0.4) is 0 Å². The van der Waals surface area contributed by atoms with Gasteiger partial charge in [0.2, 0.25) is 0 Å². The lowest BCUT2D eigenvalue weighted by atomic mass is 10.2. The largest absolute Gasteiger partial charge is 0.334 e. The van der Waals surface area contributed by atoms with E-state index in [1.807, 2.05) is 0 Å². The Bertz CT molecular complexity index is 625. The predicted molar refractivity (Wildman–Crippen MR) is 72.3 cm³/mol. The predicted octanol–water partition coefficient (Wildman–Crippen LogP) is 2.11. The van der Waals surface area contributed by atoms with E-state index in [0.29, 0.717) is 12.4 Å². The van der Waals surface area contributed by atoms with Crippen molar-refractivity contribution < 1.29 is 13.3 Å². The molecule has 2 heterocycles. The Morgan fingerprint density at radius 3 is 2.81 bits per heavy atom. The molecule has 1 aliphatic heterocycles. The highest BCUT2D eigenvalue weighted by atomic mass is 19.1. The molecule has 1 fully saturated rings. The maximum atomic E-state index is 13.7. The van der Waals surface area contributed by atoms with E-state index < -0.39 is 17.7 Å². The standard InChI is InChI=1S/C14H16F2N4O/c15-9-3-4-11(16)10(7-9)14-18-13(19-21-14)12(17)8-20-5-1-2-6-20/h3-4,7,12H,1-2,5-6,8,17H2. The lowest BCUT2D eigenvalue weighted by molar-refractivity contribution is 0.306. The van der Waals surface area contributed by atoms with Gasteiger partial charge >= 0.3 is 0 Å². The van der Waals surface area contributed by atoms with Crippen molar-refractivity contribution in [2.45, 2.75) is 18.9 Å². The van der Waals surface area contributed by atoms with Crippen molar-refractivity contribution in [3.05, 3.63) is 35.7 Å². The summed E-state index contributed by atoms with van der Waals surface area (Å²) in [4.78, 5) is 6.31. The van der Waals surface area contributed by atoms with E-state index in [-0.39, 0.29) is 11.5 Å². The van der Waals surface area contributed by atoms with Crippen LogP contribution in [0.5, 0.6) is 0 Å². The minimum Gasteiger partial charge on any atom is -0.334 e. The SMILES string of the molecule is NC(CN1CCCC1)c1noc(-c2cc(F)ccc2F)n1. The third-order valence-corrected chi connectivity index (χ3v) is 3.59. The van der Waals surface area contributed by atoms with Crippen LogP contribution in [0.25, 0.3) is 11.5 Å². The summed E-state index contributed by atoms with van der Waals surface area (Å²) in [5.41, 5.74) is 5.99. The summed E-state index contributed by atoms with van der Waals surface area (Å²) in [5.74, 6) is -0.924. The smallest absolute Gasteiger partial charge is 0.261 e. The van der Waals surface area contributed by atoms with Crippen LogP contribution < -0.4 is 5.73 Å². The number of benzene rings is 1. The molecule has 0 amide bonds. The van der Waals surface area contributed by atoms with E-state index in [1.165, 1.54) is 12.8 Å². The fourth-order valence-corrected chi connectivity index (χ4v) is 2.48. The number of hydrogen-bond acceptors (Lipinski definition) is 5. The molecule has 1 aromatic carbocycles. The van der Waals surface area contributed by atoms with Crippen molar-refractivity contribution >= 4 is 0 Å². The molecule has 1 aromatic heterocycles. The summed E-state index contributed by atoms with van der Waals surface area (Å²) >= 11 is 0. The van der Waals surface area contributed by atoms with E-state index in [1.54, 1.807) is 0 Å². The van der Waals surface area contributed by atoms with Crippen LogP contribution in [0.1, 0.15) is 24.7 Å². The van der Waals surface area contributed by atoms with Crippen LogP contribution in [-0.4, -0.2) is 34.7 Å². The monoisotopic (exact) mass is 294 g/mol. The van der Waals surface area contributed by atoms with Crippen LogP contribution in [-0.2, 0) is 0 Å². The number of rotatable bonds is 4. The molecule has 7 heteroatoms. The molecule has 1 aliphatic rings. The van der Waals surface area contributed by atoms with E-state index in [9.17, 15) is 8.78 Å². The fraction of sp³-hybridized carbons (Fsp3) is 0.429. The van der Waals surface area contributed by atoms with Gasteiger partial charge in [-0.1, -0.05) is 5.16 Å². The molecule has 112 valence electrons. The normalized spacial score (nSPS) is 17.3. The minimum atomic E-state index is -0.611. The number of hydrogen-bond donors (Lipinski definition) is 1. The highest BCUT2D eigenvalue weighted by molar-refractivity contribution is 5.53. The topological polar surface area (TPSA) is 68.2 Å². The Balaban J connectivity index is 1.77. The van der Waals surface area contributed by atoms with Gasteiger partial charge < -0.3 is 15.2 Å².